The average Bonchev–Trinajstić information content (AvgIpc) is 3.40. The van der Waals surface area contributed by atoms with E-state index in [0.717, 1.165) is 50.7 Å². The number of carbonyl (C=O) groups is 1. The van der Waals surface area contributed by atoms with Crippen LogP contribution in [0.4, 0.5) is 0 Å². The number of amides is 1. The molecular weight excluding hydrogens is 442 g/mol. The lowest BCUT2D eigenvalue weighted by atomic mass is 10.0. The van der Waals surface area contributed by atoms with Crippen LogP contribution < -0.4 is 5.32 Å². The number of hydrogen-bond donors (Lipinski definition) is 1. The van der Waals surface area contributed by atoms with Crippen molar-refractivity contribution in [1.82, 2.24) is 25.0 Å². The third-order valence-electron chi connectivity index (χ3n) is 6.54. The zero-order chi connectivity index (χ0) is 24.9. The molecule has 188 valence electrons. The van der Waals surface area contributed by atoms with Gasteiger partial charge in [-0.25, -0.2) is 0 Å². The summed E-state index contributed by atoms with van der Waals surface area (Å²) >= 11 is 0. The van der Waals surface area contributed by atoms with E-state index in [1.54, 1.807) is 19.2 Å². The van der Waals surface area contributed by atoms with Gasteiger partial charge >= 0.3 is 0 Å². The molecule has 8 heteroatoms. The topological polar surface area (TPSA) is 85.4 Å². The highest BCUT2D eigenvalue weighted by Gasteiger charge is 2.27. The normalized spacial score (nSPS) is 15.1. The van der Waals surface area contributed by atoms with Gasteiger partial charge in [0.15, 0.2) is 11.6 Å². The molecule has 0 unspecified atom stereocenters. The molecule has 0 saturated heterocycles. The lowest BCUT2D eigenvalue weighted by Crippen LogP contribution is -2.32. The number of aromatic nitrogens is 3. The van der Waals surface area contributed by atoms with Crippen molar-refractivity contribution in [2.24, 2.45) is 5.92 Å². The Morgan fingerprint density at radius 1 is 1.14 bits per heavy atom. The van der Waals surface area contributed by atoms with Crippen LogP contribution in [0.5, 0.6) is 0 Å². The summed E-state index contributed by atoms with van der Waals surface area (Å²) in [6.45, 7) is 12.5. The first-order valence-corrected chi connectivity index (χ1v) is 12.4. The molecule has 1 atom stereocenters. The van der Waals surface area contributed by atoms with E-state index in [-0.39, 0.29) is 17.7 Å². The van der Waals surface area contributed by atoms with E-state index in [1.807, 2.05) is 0 Å². The Morgan fingerprint density at radius 2 is 1.97 bits per heavy atom. The maximum atomic E-state index is 13.0. The lowest BCUT2D eigenvalue weighted by molar-refractivity contribution is 0.0892. The first-order chi connectivity index (χ1) is 16.8. The maximum Gasteiger partial charge on any atom is 0.287 e. The molecular formula is C27H37N5O3. The highest BCUT2D eigenvalue weighted by molar-refractivity contribution is 5.91. The Hall–Kier alpha value is -2.97. The number of nitrogens with one attached hydrogen (secondary N) is 1. The molecule has 0 saturated carbocycles. The van der Waals surface area contributed by atoms with Crippen molar-refractivity contribution in [2.75, 3.05) is 20.2 Å². The number of aryl methyl sites for hydroxylation is 2. The van der Waals surface area contributed by atoms with Crippen LogP contribution >= 0.6 is 0 Å². The summed E-state index contributed by atoms with van der Waals surface area (Å²) in [6, 6.07) is 9.86. The number of fused-ring (bicyclic) bond motifs is 1. The second-order valence-electron chi connectivity index (χ2n) is 9.94. The summed E-state index contributed by atoms with van der Waals surface area (Å²) in [6.07, 6.45) is 1.60. The van der Waals surface area contributed by atoms with Gasteiger partial charge < -0.3 is 19.0 Å². The Labute approximate surface area is 207 Å². The van der Waals surface area contributed by atoms with Crippen LogP contribution in [0.2, 0.25) is 0 Å². The average molecular weight is 480 g/mol. The minimum absolute atomic E-state index is 0.245. The SMILES string of the molecule is COCc1ccc(C(=O)N[C@@H](CC(C)C)c2nnc3n2CCN(Cc2cc(C)ccc2C)CC3)o1. The first kappa shape index (κ1) is 25.1. The molecule has 8 nitrogen and oxygen atoms in total. The number of nitrogens with zero attached hydrogens (tertiary/aromatic N) is 4. The molecule has 3 aromatic rings. The summed E-state index contributed by atoms with van der Waals surface area (Å²) in [5.41, 5.74) is 3.99. The zero-order valence-corrected chi connectivity index (χ0v) is 21.5. The summed E-state index contributed by atoms with van der Waals surface area (Å²) in [4.78, 5) is 15.5. The van der Waals surface area contributed by atoms with E-state index in [0.29, 0.717) is 18.3 Å². The second-order valence-corrected chi connectivity index (χ2v) is 9.94. The summed E-state index contributed by atoms with van der Waals surface area (Å²) in [5, 5.41) is 12.2. The number of ether oxygens (including phenoxy) is 1. The number of benzene rings is 1. The van der Waals surface area contributed by atoms with Gasteiger partial charge in [-0.05, 0) is 49.4 Å². The molecule has 0 bridgehead atoms. The van der Waals surface area contributed by atoms with Gasteiger partial charge in [0.1, 0.15) is 18.2 Å². The third kappa shape index (κ3) is 6.18. The predicted molar refractivity (Wildman–Crippen MR) is 134 cm³/mol. The Morgan fingerprint density at radius 3 is 2.74 bits per heavy atom. The Kier molecular flexibility index (Phi) is 8.03. The largest absolute Gasteiger partial charge is 0.453 e. The zero-order valence-electron chi connectivity index (χ0n) is 21.5. The standard InChI is InChI=1S/C27H37N5O3/c1-18(2)14-23(28-27(33)24-9-8-22(35-24)17-34-5)26-30-29-25-10-11-31(12-13-32(25)26)16-21-15-19(3)6-7-20(21)4/h6-9,15,18,23H,10-14,16-17H2,1-5H3,(H,28,33)/t23-/m0/s1. The number of methoxy groups -OCH3 is 1. The minimum atomic E-state index is -0.250. The third-order valence-corrected chi connectivity index (χ3v) is 6.54. The quantitative estimate of drug-likeness (QED) is 0.495. The van der Waals surface area contributed by atoms with E-state index >= 15 is 0 Å². The van der Waals surface area contributed by atoms with Crippen LogP contribution in [0.15, 0.2) is 34.7 Å². The van der Waals surface area contributed by atoms with Crippen LogP contribution in [-0.2, 0) is 30.9 Å². The number of rotatable bonds is 9. The first-order valence-electron chi connectivity index (χ1n) is 12.4. The molecule has 35 heavy (non-hydrogen) atoms. The molecule has 2 aromatic heterocycles. The van der Waals surface area contributed by atoms with Gasteiger partial charge in [0.05, 0.1) is 6.04 Å². The van der Waals surface area contributed by atoms with Crippen LogP contribution in [0.25, 0.3) is 0 Å². The summed E-state index contributed by atoms with van der Waals surface area (Å²) < 4.78 is 12.9. The summed E-state index contributed by atoms with van der Waals surface area (Å²) in [7, 11) is 1.60. The number of hydrogen-bond acceptors (Lipinski definition) is 6. The van der Waals surface area contributed by atoms with Gasteiger partial charge in [0, 0.05) is 39.7 Å². The Bertz CT molecular complexity index is 1150. The molecule has 0 fully saturated rings. The molecule has 1 N–H and O–H groups in total. The molecule has 0 spiro atoms. The molecule has 3 heterocycles. The predicted octanol–water partition coefficient (Wildman–Crippen LogP) is 4.21. The highest BCUT2D eigenvalue weighted by atomic mass is 16.5. The van der Waals surface area contributed by atoms with Gasteiger partial charge in [-0.3, -0.25) is 9.69 Å². The number of carbonyl (C=O) groups excluding carboxylic acids is 1. The van der Waals surface area contributed by atoms with Crippen molar-refractivity contribution in [1.29, 1.82) is 0 Å². The van der Waals surface area contributed by atoms with Crippen molar-refractivity contribution >= 4 is 5.91 Å². The smallest absolute Gasteiger partial charge is 0.287 e. The van der Waals surface area contributed by atoms with Crippen molar-refractivity contribution in [3.05, 3.63) is 70.2 Å². The van der Waals surface area contributed by atoms with Crippen LogP contribution in [0.3, 0.4) is 0 Å². The van der Waals surface area contributed by atoms with Gasteiger partial charge in [0.25, 0.3) is 5.91 Å². The number of furan rings is 1. The van der Waals surface area contributed by atoms with E-state index in [9.17, 15) is 4.79 Å². The highest BCUT2D eigenvalue weighted by Crippen LogP contribution is 2.24. The fourth-order valence-electron chi connectivity index (χ4n) is 4.67. The molecule has 0 aliphatic carbocycles. The minimum Gasteiger partial charge on any atom is -0.453 e. The molecule has 1 aliphatic rings. The van der Waals surface area contributed by atoms with Crippen LogP contribution in [0.1, 0.15) is 71.0 Å². The van der Waals surface area contributed by atoms with E-state index in [4.69, 9.17) is 9.15 Å². The summed E-state index contributed by atoms with van der Waals surface area (Å²) in [5.74, 6) is 2.83. The molecule has 4 rings (SSSR count). The van der Waals surface area contributed by atoms with Gasteiger partial charge in [-0.1, -0.05) is 37.6 Å². The van der Waals surface area contributed by atoms with Crippen LogP contribution in [-0.4, -0.2) is 45.8 Å². The van der Waals surface area contributed by atoms with Gasteiger partial charge in [0.2, 0.25) is 0 Å². The molecule has 1 aromatic carbocycles. The van der Waals surface area contributed by atoms with Crippen molar-refractivity contribution in [2.45, 2.75) is 66.3 Å². The molecule has 1 aliphatic heterocycles. The fourth-order valence-corrected chi connectivity index (χ4v) is 4.67. The van der Waals surface area contributed by atoms with Gasteiger partial charge in [-0.15, -0.1) is 10.2 Å². The second kappa shape index (κ2) is 11.2. The maximum absolute atomic E-state index is 13.0. The lowest BCUT2D eigenvalue weighted by Gasteiger charge is -2.22. The molecule has 1 amide bonds. The molecule has 0 radical (unpaired) electrons. The van der Waals surface area contributed by atoms with Crippen LogP contribution in [0, 0.1) is 19.8 Å². The van der Waals surface area contributed by atoms with E-state index in [2.05, 4.69) is 70.9 Å². The fraction of sp³-hybridized carbons (Fsp3) is 0.519. The van der Waals surface area contributed by atoms with E-state index < -0.39 is 0 Å². The van der Waals surface area contributed by atoms with Crippen molar-refractivity contribution < 1.29 is 13.9 Å². The van der Waals surface area contributed by atoms with Crippen molar-refractivity contribution in [3.8, 4) is 0 Å². The van der Waals surface area contributed by atoms with E-state index in [1.165, 1.54) is 16.7 Å². The van der Waals surface area contributed by atoms with Crippen molar-refractivity contribution in [3.63, 3.8) is 0 Å². The Balaban J connectivity index is 1.49. The van der Waals surface area contributed by atoms with Gasteiger partial charge in [-0.2, -0.15) is 0 Å². The monoisotopic (exact) mass is 479 g/mol.